The smallest absolute Gasteiger partial charge is 0.307 e. The Labute approximate surface area is 60.1 Å². The van der Waals surface area contributed by atoms with E-state index in [1.54, 1.807) is 13.5 Å². The molecule has 0 saturated carbocycles. The Balaban J connectivity index is 2.84. The van der Waals surface area contributed by atoms with E-state index in [0.717, 1.165) is 5.69 Å². The SMILES string of the molecule is CN([C]=O)c1ccccc1. The predicted octanol–water partition coefficient (Wildman–Crippen LogP) is 1.19. The zero-order valence-corrected chi connectivity index (χ0v) is 5.74. The van der Waals surface area contributed by atoms with Crippen LogP contribution >= 0.6 is 0 Å². The molecule has 51 valence electrons. The lowest BCUT2D eigenvalue weighted by molar-refractivity contribution is 0.554. The lowest BCUT2D eigenvalue weighted by Crippen LogP contribution is -2.12. The van der Waals surface area contributed by atoms with Crippen LogP contribution in [-0.2, 0) is 4.79 Å². The van der Waals surface area contributed by atoms with Crippen LogP contribution in [0.5, 0.6) is 0 Å². The van der Waals surface area contributed by atoms with Gasteiger partial charge in [-0.25, -0.2) is 0 Å². The van der Waals surface area contributed by atoms with Crippen LogP contribution in [0.25, 0.3) is 0 Å². The van der Waals surface area contributed by atoms with E-state index in [1.807, 2.05) is 30.3 Å². The van der Waals surface area contributed by atoms with Crippen molar-refractivity contribution in [3.8, 4) is 0 Å². The van der Waals surface area contributed by atoms with Crippen molar-refractivity contribution < 1.29 is 4.79 Å². The van der Waals surface area contributed by atoms with E-state index < -0.39 is 0 Å². The first kappa shape index (κ1) is 6.81. The summed E-state index contributed by atoms with van der Waals surface area (Å²) >= 11 is 0. The number of benzene rings is 1. The molecule has 0 N–H and O–H groups in total. The molecule has 0 spiro atoms. The molecular formula is C8H8NO. The number of carbonyl (C=O) groups excluding carboxylic acids is 1. The van der Waals surface area contributed by atoms with Gasteiger partial charge in [-0.15, -0.1) is 0 Å². The lowest BCUT2D eigenvalue weighted by atomic mass is 10.3. The first-order valence-electron chi connectivity index (χ1n) is 3.01. The quantitative estimate of drug-likeness (QED) is 0.556. The summed E-state index contributed by atoms with van der Waals surface area (Å²) in [5.74, 6) is 0. The van der Waals surface area contributed by atoms with Crippen LogP contribution in [0.2, 0.25) is 0 Å². The van der Waals surface area contributed by atoms with E-state index in [4.69, 9.17) is 0 Å². The Bertz CT molecular complexity index is 208. The summed E-state index contributed by atoms with van der Waals surface area (Å²) in [5.41, 5.74) is 0.859. The zero-order chi connectivity index (χ0) is 7.40. The highest BCUT2D eigenvalue weighted by Crippen LogP contribution is 2.07. The Kier molecular flexibility index (Phi) is 2.05. The second-order valence-corrected chi connectivity index (χ2v) is 1.99. The van der Waals surface area contributed by atoms with Gasteiger partial charge in [0.15, 0.2) is 0 Å². The van der Waals surface area contributed by atoms with Crippen LogP contribution in [-0.4, -0.2) is 13.5 Å². The number of anilines is 1. The van der Waals surface area contributed by atoms with Gasteiger partial charge in [-0.1, -0.05) is 18.2 Å². The zero-order valence-electron chi connectivity index (χ0n) is 5.74. The summed E-state index contributed by atoms with van der Waals surface area (Å²) in [5, 5.41) is 0. The van der Waals surface area contributed by atoms with Gasteiger partial charge < -0.3 is 4.90 Å². The minimum absolute atomic E-state index is 0.859. The Morgan fingerprint density at radius 2 is 1.90 bits per heavy atom. The molecule has 0 aliphatic carbocycles. The molecule has 0 aliphatic rings. The van der Waals surface area contributed by atoms with Crippen LogP contribution in [0.3, 0.4) is 0 Å². The highest BCUT2D eigenvalue weighted by atomic mass is 16.1. The van der Waals surface area contributed by atoms with Crippen LogP contribution in [0.4, 0.5) is 5.69 Å². The van der Waals surface area contributed by atoms with Crippen molar-refractivity contribution >= 4 is 12.1 Å². The molecule has 0 bridgehead atoms. The number of hydrogen-bond acceptors (Lipinski definition) is 1. The lowest BCUT2D eigenvalue weighted by Gasteiger charge is -2.07. The Morgan fingerprint density at radius 3 is 2.40 bits per heavy atom. The first-order valence-corrected chi connectivity index (χ1v) is 3.01. The second-order valence-electron chi connectivity index (χ2n) is 1.99. The minimum Gasteiger partial charge on any atom is -0.307 e. The molecule has 0 aliphatic heterocycles. The van der Waals surface area contributed by atoms with Crippen LogP contribution in [0.15, 0.2) is 30.3 Å². The van der Waals surface area contributed by atoms with Crippen molar-refractivity contribution in [1.82, 2.24) is 0 Å². The summed E-state index contributed by atoms with van der Waals surface area (Å²) in [6.07, 6.45) is 1.76. The molecule has 0 atom stereocenters. The van der Waals surface area contributed by atoms with E-state index >= 15 is 0 Å². The van der Waals surface area contributed by atoms with Crippen LogP contribution in [0, 0.1) is 0 Å². The minimum atomic E-state index is 0.859. The fourth-order valence-electron chi connectivity index (χ4n) is 0.704. The molecule has 0 saturated heterocycles. The molecule has 0 unspecified atom stereocenters. The van der Waals surface area contributed by atoms with Crippen molar-refractivity contribution in [2.75, 3.05) is 11.9 Å². The number of para-hydroxylation sites is 1. The van der Waals surface area contributed by atoms with Gasteiger partial charge in [0, 0.05) is 12.7 Å². The third-order valence-corrected chi connectivity index (χ3v) is 1.28. The summed E-state index contributed by atoms with van der Waals surface area (Å²) < 4.78 is 0. The van der Waals surface area contributed by atoms with Crippen LogP contribution < -0.4 is 4.90 Å². The van der Waals surface area contributed by atoms with Crippen molar-refractivity contribution in [1.29, 1.82) is 0 Å². The molecule has 0 fully saturated rings. The van der Waals surface area contributed by atoms with Crippen molar-refractivity contribution in [3.05, 3.63) is 30.3 Å². The highest BCUT2D eigenvalue weighted by molar-refractivity contribution is 5.74. The fraction of sp³-hybridized carbons (Fsp3) is 0.125. The van der Waals surface area contributed by atoms with Gasteiger partial charge in [-0.05, 0) is 12.1 Å². The van der Waals surface area contributed by atoms with Gasteiger partial charge in [0.05, 0.1) is 0 Å². The van der Waals surface area contributed by atoms with E-state index in [1.165, 1.54) is 4.90 Å². The van der Waals surface area contributed by atoms with Gasteiger partial charge in [-0.3, -0.25) is 4.79 Å². The van der Waals surface area contributed by atoms with Gasteiger partial charge in [0.1, 0.15) is 0 Å². The second kappa shape index (κ2) is 3.01. The van der Waals surface area contributed by atoms with Gasteiger partial charge in [-0.2, -0.15) is 0 Å². The summed E-state index contributed by atoms with van der Waals surface area (Å²) in [7, 11) is 1.67. The maximum absolute atomic E-state index is 10.1. The van der Waals surface area contributed by atoms with Gasteiger partial charge >= 0.3 is 6.41 Å². The third kappa shape index (κ3) is 1.35. The highest BCUT2D eigenvalue weighted by Gasteiger charge is 1.94. The Morgan fingerprint density at radius 1 is 1.30 bits per heavy atom. The number of rotatable bonds is 2. The summed E-state index contributed by atoms with van der Waals surface area (Å²) in [6.45, 7) is 0. The van der Waals surface area contributed by atoms with E-state index in [9.17, 15) is 4.79 Å². The molecule has 0 heterocycles. The number of amides is 1. The average Bonchev–Trinajstić information content (AvgIpc) is 2.05. The van der Waals surface area contributed by atoms with E-state index in [-0.39, 0.29) is 0 Å². The normalized spacial score (nSPS) is 8.90. The molecule has 0 aromatic heterocycles. The van der Waals surface area contributed by atoms with Gasteiger partial charge in [0.2, 0.25) is 0 Å². The maximum Gasteiger partial charge on any atom is 0.316 e. The monoisotopic (exact) mass is 134 g/mol. The molecule has 10 heavy (non-hydrogen) atoms. The number of nitrogens with zero attached hydrogens (tertiary/aromatic N) is 1. The largest absolute Gasteiger partial charge is 0.316 e. The topological polar surface area (TPSA) is 20.3 Å². The van der Waals surface area contributed by atoms with Crippen molar-refractivity contribution in [2.24, 2.45) is 0 Å². The Hall–Kier alpha value is -1.31. The first-order chi connectivity index (χ1) is 4.84. The van der Waals surface area contributed by atoms with E-state index in [2.05, 4.69) is 0 Å². The molecule has 2 heteroatoms. The molecule has 1 rings (SSSR count). The molecule has 1 amide bonds. The van der Waals surface area contributed by atoms with Crippen molar-refractivity contribution in [2.45, 2.75) is 0 Å². The van der Waals surface area contributed by atoms with Crippen molar-refractivity contribution in [3.63, 3.8) is 0 Å². The summed E-state index contributed by atoms with van der Waals surface area (Å²) in [4.78, 5) is 11.5. The standard InChI is InChI=1S/C8H8NO/c1-9(7-10)8-5-3-2-4-6-8/h2-6H,1H3. The molecule has 1 aromatic rings. The molecule has 2 nitrogen and oxygen atoms in total. The van der Waals surface area contributed by atoms with Gasteiger partial charge in [0.25, 0.3) is 0 Å². The maximum atomic E-state index is 10.1. The fourth-order valence-corrected chi connectivity index (χ4v) is 0.704. The summed E-state index contributed by atoms with van der Waals surface area (Å²) in [6, 6.07) is 9.37. The number of hydrogen-bond donors (Lipinski definition) is 0. The predicted molar refractivity (Wildman–Crippen MR) is 40.5 cm³/mol. The molecule has 1 radical (unpaired) electrons. The molecular weight excluding hydrogens is 126 g/mol. The molecule has 1 aromatic carbocycles. The third-order valence-electron chi connectivity index (χ3n) is 1.28. The van der Waals surface area contributed by atoms with E-state index in [0.29, 0.717) is 0 Å². The average molecular weight is 134 g/mol. The van der Waals surface area contributed by atoms with Crippen LogP contribution in [0.1, 0.15) is 0 Å².